The van der Waals surface area contributed by atoms with Gasteiger partial charge in [0.2, 0.25) is 5.88 Å². The van der Waals surface area contributed by atoms with E-state index in [0.717, 1.165) is 28.9 Å². The van der Waals surface area contributed by atoms with Gasteiger partial charge in [0, 0.05) is 23.4 Å². The van der Waals surface area contributed by atoms with Crippen molar-refractivity contribution < 1.29 is 9.53 Å². The maximum absolute atomic E-state index is 10.7. The van der Waals surface area contributed by atoms with E-state index >= 15 is 0 Å². The van der Waals surface area contributed by atoms with Gasteiger partial charge in [0.05, 0.1) is 19.0 Å². The Balaban J connectivity index is 1.74. The van der Waals surface area contributed by atoms with Crippen molar-refractivity contribution in [2.75, 3.05) is 12.4 Å². The van der Waals surface area contributed by atoms with Crippen LogP contribution in [0.4, 0.5) is 11.5 Å². The first-order chi connectivity index (χ1) is 11.3. The van der Waals surface area contributed by atoms with Crippen LogP contribution in [0.2, 0.25) is 0 Å². The molecule has 5 heteroatoms. The number of hydrogen-bond donors (Lipinski definition) is 1. The molecule has 0 amide bonds. The van der Waals surface area contributed by atoms with E-state index in [-0.39, 0.29) is 0 Å². The first kappa shape index (κ1) is 14.7. The molecule has 0 bridgehead atoms. The lowest BCUT2D eigenvalue weighted by molar-refractivity contribution is 0.112. The molecule has 0 saturated carbocycles. The molecule has 0 unspecified atom stereocenters. The third-order valence-electron chi connectivity index (χ3n) is 3.36. The molecule has 0 aliphatic rings. The summed E-state index contributed by atoms with van der Waals surface area (Å²) >= 11 is 0. The highest BCUT2D eigenvalue weighted by Gasteiger charge is 2.01. The van der Waals surface area contributed by atoms with Crippen LogP contribution in [0.25, 0.3) is 11.1 Å². The fraction of sp³-hybridized carbons (Fsp3) is 0.0556. The van der Waals surface area contributed by atoms with Crippen LogP contribution in [0.3, 0.4) is 0 Å². The van der Waals surface area contributed by atoms with Crippen molar-refractivity contribution >= 4 is 17.8 Å². The average molecular weight is 305 g/mol. The van der Waals surface area contributed by atoms with Crippen LogP contribution in [0.5, 0.6) is 5.88 Å². The van der Waals surface area contributed by atoms with E-state index in [1.807, 2.05) is 30.3 Å². The zero-order chi connectivity index (χ0) is 16.1. The van der Waals surface area contributed by atoms with Gasteiger partial charge < -0.3 is 10.1 Å². The van der Waals surface area contributed by atoms with Gasteiger partial charge in [-0.1, -0.05) is 24.3 Å². The summed E-state index contributed by atoms with van der Waals surface area (Å²) in [6.07, 6.45) is 4.31. The van der Waals surface area contributed by atoms with Crippen LogP contribution < -0.4 is 10.1 Å². The van der Waals surface area contributed by atoms with E-state index in [9.17, 15) is 4.79 Å². The van der Waals surface area contributed by atoms with Gasteiger partial charge in [0.1, 0.15) is 12.1 Å². The van der Waals surface area contributed by atoms with Crippen molar-refractivity contribution in [1.29, 1.82) is 0 Å². The molecular formula is C18H15N3O2. The molecule has 0 spiro atoms. The van der Waals surface area contributed by atoms with Gasteiger partial charge in [-0.2, -0.15) is 0 Å². The molecule has 0 aliphatic heterocycles. The zero-order valence-electron chi connectivity index (χ0n) is 12.6. The number of methoxy groups -OCH3 is 1. The molecule has 0 aliphatic carbocycles. The molecular weight excluding hydrogens is 290 g/mol. The second kappa shape index (κ2) is 6.70. The number of hydrogen-bond acceptors (Lipinski definition) is 5. The number of aromatic nitrogens is 2. The van der Waals surface area contributed by atoms with Crippen molar-refractivity contribution in [2.24, 2.45) is 0 Å². The molecule has 1 aromatic carbocycles. The highest BCUT2D eigenvalue weighted by Crippen LogP contribution is 2.21. The molecule has 3 rings (SSSR count). The monoisotopic (exact) mass is 305 g/mol. The molecule has 23 heavy (non-hydrogen) atoms. The molecule has 0 fully saturated rings. The van der Waals surface area contributed by atoms with Crippen LogP contribution >= 0.6 is 0 Å². The van der Waals surface area contributed by atoms with Crippen molar-refractivity contribution in [1.82, 2.24) is 9.97 Å². The largest absolute Gasteiger partial charge is 0.481 e. The van der Waals surface area contributed by atoms with E-state index in [2.05, 4.69) is 15.3 Å². The van der Waals surface area contributed by atoms with Gasteiger partial charge >= 0.3 is 0 Å². The van der Waals surface area contributed by atoms with Crippen LogP contribution in [0.1, 0.15) is 10.4 Å². The molecule has 5 nitrogen and oxygen atoms in total. The van der Waals surface area contributed by atoms with Crippen molar-refractivity contribution in [2.45, 2.75) is 0 Å². The molecule has 1 N–H and O–H groups in total. The summed E-state index contributed by atoms with van der Waals surface area (Å²) in [5, 5.41) is 3.18. The molecule has 2 heterocycles. The summed E-state index contributed by atoms with van der Waals surface area (Å²) in [7, 11) is 1.58. The third-order valence-corrected chi connectivity index (χ3v) is 3.36. The first-order valence-corrected chi connectivity index (χ1v) is 7.07. The summed E-state index contributed by atoms with van der Waals surface area (Å²) in [4.78, 5) is 19.2. The Hall–Kier alpha value is -3.21. The van der Waals surface area contributed by atoms with E-state index in [0.29, 0.717) is 11.4 Å². The fourth-order valence-corrected chi connectivity index (χ4v) is 2.12. The van der Waals surface area contributed by atoms with Gasteiger partial charge in [-0.05, 0) is 23.8 Å². The normalized spacial score (nSPS) is 10.1. The van der Waals surface area contributed by atoms with Gasteiger partial charge in [-0.3, -0.25) is 4.79 Å². The summed E-state index contributed by atoms with van der Waals surface area (Å²) in [5.74, 6) is 1.29. The van der Waals surface area contributed by atoms with Gasteiger partial charge in [-0.25, -0.2) is 9.97 Å². The minimum Gasteiger partial charge on any atom is -0.481 e. The maximum atomic E-state index is 10.7. The lowest BCUT2D eigenvalue weighted by Gasteiger charge is -2.07. The Labute approximate surface area is 134 Å². The van der Waals surface area contributed by atoms with Crippen LogP contribution in [-0.2, 0) is 0 Å². The molecule has 0 radical (unpaired) electrons. The number of rotatable bonds is 5. The van der Waals surface area contributed by atoms with Gasteiger partial charge in [0.15, 0.2) is 0 Å². The number of carbonyl (C=O) groups is 1. The number of nitrogens with zero attached hydrogens (tertiary/aromatic N) is 2. The summed E-state index contributed by atoms with van der Waals surface area (Å²) in [6.45, 7) is 0. The topological polar surface area (TPSA) is 64.1 Å². The highest BCUT2D eigenvalue weighted by atomic mass is 16.5. The second-order valence-electron chi connectivity index (χ2n) is 4.89. The van der Waals surface area contributed by atoms with Crippen molar-refractivity contribution in [3.05, 3.63) is 66.5 Å². The molecule has 2 aromatic heterocycles. The predicted molar refractivity (Wildman–Crippen MR) is 89.1 cm³/mol. The predicted octanol–water partition coefficient (Wildman–Crippen LogP) is 3.71. The molecule has 114 valence electrons. The standard InChI is InChI=1S/C18H15N3O2/c1-23-18-9-7-16(11-20-18)21-17-8-6-15(10-19-17)14-4-2-13(12-22)3-5-14/h2-12H,1H3,(H,19,21). The van der Waals surface area contributed by atoms with Crippen LogP contribution in [0, 0.1) is 0 Å². The number of nitrogens with one attached hydrogen (secondary N) is 1. The first-order valence-electron chi connectivity index (χ1n) is 7.07. The quantitative estimate of drug-likeness (QED) is 0.728. The third kappa shape index (κ3) is 3.52. The Bertz CT molecular complexity index is 782. The number of ether oxygens (including phenoxy) is 1. The highest BCUT2D eigenvalue weighted by molar-refractivity contribution is 5.77. The minimum absolute atomic E-state index is 0.567. The summed E-state index contributed by atoms with van der Waals surface area (Å²) in [5.41, 5.74) is 3.50. The minimum atomic E-state index is 0.567. The van der Waals surface area contributed by atoms with Crippen LogP contribution in [0.15, 0.2) is 60.9 Å². The summed E-state index contributed by atoms with van der Waals surface area (Å²) in [6, 6.07) is 14.9. The number of anilines is 2. The van der Waals surface area contributed by atoms with Gasteiger partial charge in [0.25, 0.3) is 0 Å². The van der Waals surface area contributed by atoms with E-state index in [4.69, 9.17) is 4.74 Å². The molecule has 3 aromatic rings. The second-order valence-corrected chi connectivity index (χ2v) is 4.89. The zero-order valence-corrected chi connectivity index (χ0v) is 12.6. The van der Waals surface area contributed by atoms with E-state index in [1.54, 1.807) is 37.7 Å². The lowest BCUT2D eigenvalue weighted by atomic mass is 10.1. The Morgan fingerprint density at radius 1 is 0.913 bits per heavy atom. The van der Waals surface area contributed by atoms with E-state index in [1.165, 1.54) is 0 Å². The number of pyridine rings is 2. The smallest absolute Gasteiger partial charge is 0.213 e. The Morgan fingerprint density at radius 3 is 2.26 bits per heavy atom. The maximum Gasteiger partial charge on any atom is 0.213 e. The Morgan fingerprint density at radius 2 is 1.70 bits per heavy atom. The van der Waals surface area contributed by atoms with Crippen molar-refractivity contribution in [3.8, 4) is 17.0 Å². The van der Waals surface area contributed by atoms with Gasteiger partial charge in [-0.15, -0.1) is 0 Å². The lowest BCUT2D eigenvalue weighted by Crippen LogP contribution is -1.95. The van der Waals surface area contributed by atoms with Crippen molar-refractivity contribution in [3.63, 3.8) is 0 Å². The van der Waals surface area contributed by atoms with E-state index < -0.39 is 0 Å². The SMILES string of the molecule is COc1ccc(Nc2ccc(-c3ccc(C=O)cc3)cn2)cn1. The molecule has 0 saturated heterocycles. The number of carbonyl (C=O) groups excluding carboxylic acids is 1. The Kier molecular flexibility index (Phi) is 4.29. The molecule has 0 atom stereocenters. The average Bonchev–Trinajstić information content (AvgIpc) is 2.63. The number of benzene rings is 1. The summed E-state index contributed by atoms with van der Waals surface area (Å²) < 4.78 is 5.02. The number of aldehydes is 1. The van der Waals surface area contributed by atoms with Crippen LogP contribution in [-0.4, -0.2) is 23.4 Å². The fourth-order valence-electron chi connectivity index (χ4n) is 2.12.